The van der Waals surface area contributed by atoms with Crippen molar-refractivity contribution >= 4 is 23.4 Å². The Balaban J connectivity index is 1.48. The first-order valence-electron chi connectivity index (χ1n) is 9.23. The third-order valence-electron chi connectivity index (χ3n) is 4.61. The molecule has 28 heavy (non-hydrogen) atoms. The molecule has 0 aliphatic carbocycles. The van der Waals surface area contributed by atoms with Gasteiger partial charge in [0.2, 0.25) is 5.91 Å². The summed E-state index contributed by atoms with van der Waals surface area (Å²) < 4.78 is 5.15. The largest absolute Gasteiger partial charge is 0.497 e. The van der Waals surface area contributed by atoms with Gasteiger partial charge in [-0.3, -0.25) is 4.79 Å². The van der Waals surface area contributed by atoms with Gasteiger partial charge in [-0.2, -0.15) is 0 Å². The summed E-state index contributed by atoms with van der Waals surface area (Å²) in [4.78, 5) is 33.1. The summed E-state index contributed by atoms with van der Waals surface area (Å²) in [5.74, 6) is 1.28. The van der Waals surface area contributed by atoms with Crippen LogP contribution < -0.4 is 20.3 Å². The zero-order chi connectivity index (χ0) is 19.9. The van der Waals surface area contributed by atoms with Gasteiger partial charge >= 0.3 is 6.03 Å². The lowest BCUT2D eigenvalue weighted by Crippen LogP contribution is -2.54. The van der Waals surface area contributed by atoms with Crippen LogP contribution in [0.2, 0.25) is 0 Å². The quantitative estimate of drug-likeness (QED) is 0.824. The van der Waals surface area contributed by atoms with E-state index in [-0.39, 0.29) is 11.9 Å². The summed E-state index contributed by atoms with van der Waals surface area (Å²) in [6.07, 6.45) is 1.76. The van der Waals surface area contributed by atoms with Crippen molar-refractivity contribution in [1.82, 2.24) is 15.2 Å². The summed E-state index contributed by atoms with van der Waals surface area (Å²) in [7, 11) is 1.57. The minimum Gasteiger partial charge on any atom is -0.497 e. The standard InChI is InChI=1S/C20H25N5O3/c1-15(19(26)23-16-6-5-7-17(14-16)28-2)22-20(27)25-12-10-24(11-13-25)18-8-3-4-9-21-18/h3-9,14-15H,10-13H2,1-2H3,(H,22,27)(H,23,26)/t15-/m1/s1. The number of hydrogen-bond donors (Lipinski definition) is 2. The zero-order valence-electron chi connectivity index (χ0n) is 16.1. The Morgan fingerprint density at radius 1 is 1.11 bits per heavy atom. The number of nitrogens with zero attached hydrogens (tertiary/aromatic N) is 3. The number of hydrogen-bond acceptors (Lipinski definition) is 5. The van der Waals surface area contributed by atoms with Crippen molar-refractivity contribution in [3.8, 4) is 5.75 Å². The summed E-state index contributed by atoms with van der Waals surface area (Å²) in [5.41, 5.74) is 0.620. The first kappa shape index (κ1) is 19.5. The summed E-state index contributed by atoms with van der Waals surface area (Å²) in [6, 6.07) is 12.0. The topological polar surface area (TPSA) is 86.8 Å². The number of urea groups is 1. The number of anilines is 2. The second-order valence-electron chi connectivity index (χ2n) is 6.55. The number of ether oxygens (including phenoxy) is 1. The van der Waals surface area contributed by atoms with E-state index < -0.39 is 6.04 Å². The maximum atomic E-state index is 12.5. The molecule has 0 saturated carbocycles. The van der Waals surface area contributed by atoms with E-state index in [1.807, 2.05) is 18.2 Å². The molecular weight excluding hydrogens is 358 g/mol. The first-order valence-corrected chi connectivity index (χ1v) is 9.23. The van der Waals surface area contributed by atoms with Gasteiger partial charge in [0, 0.05) is 44.1 Å². The maximum absolute atomic E-state index is 12.5. The number of carbonyl (C=O) groups is 2. The van der Waals surface area contributed by atoms with Crippen molar-refractivity contribution in [2.24, 2.45) is 0 Å². The van der Waals surface area contributed by atoms with E-state index in [2.05, 4.69) is 20.5 Å². The third kappa shape index (κ3) is 4.91. The van der Waals surface area contributed by atoms with Crippen molar-refractivity contribution in [3.05, 3.63) is 48.7 Å². The first-order chi connectivity index (χ1) is 13.6. The number of nitrogens with one attached hydrogen (secondary N) is 2. The molecule has 1 aliphatic rings. The predicted molar refractivity (Wildman–Crippen MR) is 108 cm³/mol. The van der Waals surface area contributed by atoms with E-state index in [0.29, 0.717) is 37.6 Å². The van der Waals surface area contributed by atoms with E-state index in [0.717, 1.165) is 5.82 Å². The van der Waals surface area contributed by atoms with Crippen LogP contribution in [0, 0.1) is 0 Å². The average Bonchev–Trinajstić information content (AvgIpc) is 2.74. The molecule has 2 N–H and O–H groups in total. The smallest absolute Gasteiger partial charge is 0.318 e. The highest BCUT2D eigenvalue weighted by molar-refractivity contribution is 5.96. The highest BCUT2D eigenvalue weighted by Crippen LogP contribution is 2.17. The van der Waals surface area contributed by atoms with Crippen LogP contribution in [0.4, 0.5) is 16.3 Å². The summed E-state index contributed by atoms with van der Waals surface area (Å²) in [5, 5.41) is 5.55. The van der Waals surface area contributed by atoms with Gasteiger partial charge in [-0.25, -0.2) is 9.78 Å². The van der Waals surface area contributed by atoms with Crippen LogP contribution >= 0.6 is 0 Å². The van der Waals surface area contributed by atoms with E-state index in [9.17, 15) is 9.59 Å². The van der Waals surface area contributed by atoms with Crippen molar-refractivity contribution in [2.75, 3.05) is 43.5 Å². The molecule has 148 valence electrons. The molecule has 0 radical (unpaired) electrons. The Labute approximate surface area is 164 Å². The van der Waals surface area contributed by atoms with Gasteiger partial charge in [0.15, 0.2) is 0 Å². The Kier molecular flexibility index (Phi) is 6.31. The Morgan fingerprint density at radius 3 is 2.57 bits per heavy atom. The molecule has 3 rings (SSSR count). The molecule has 1 saturated heterocycles. The number of piperazine rings is 1. The second kappa shape index (κ2) is 9.07. The van der Waals surface area contributed by atoms with Gasteiger partial charge in [-0.15, -0.1) is 0 Å². The van der Waals surface area contributed by atoms with Crippen LogP contribution in [0.5, 0.6) is 5.75 Å². The highest BCUT2D eigenvalue weighted by atomic mass is 16.5. The Bertz CT molecular complexity index is 806. The third-order valence-corrected chi connectivity index (χ3v) is 4.61. The van der Waals surface area contributed by atoms with Crippen LogP contribution in [-0.4, -0.2) is 61.2 Å². The lowest BCUT2D eigenvalue weighted by atomic mass is 10.2. The fourth-order valence-corrected chi connectivity index (χ4v) is 2.97. The monoisotopic (exact) mass is 383 g/mol. The van der Waals surface area contributed by atoms with Gasteiger partial charge in [0.05, 0.1) is 7.11 Å². The van der Waals surface area contributed by atoms with Crippen LogP contribution in [0.3, 0.4) is 0 Å². The molecule has 0 bridgehead atoms. The molecule has 8 nitrogen and oxygen atoms in total. The number of aromatic nitrogens is 1. The SMILES string of the molecule is COc1cccc(NC(=O)[C@@H](C)NC(=O)N2CCN(c3ccccn3)CC2)c1. The number of rotatable bonds is 5. The lowest BCUT2D eigenvalue weighted by molar-refractivity contribution is -0.117. The van der Waals surface area contributed by atoms with Gasteiger partial charge in [0.1, 0.15) is 17.6 Å². The van der Waals surface area contributed by atoms with Crippen molar-refractivity contribution in [3.63, 3.8) is 0 Å². The van der Waals surface area contributed by atoms with Gasteiger partial charge in [-0.1, -0.05) is 12.1 Å². The van der Waals surface area contributed by atoms with E-state index in [1.54, 1.807) is 49.4 Å². The summed E-state index contributed by atoms with van der Waals surface area (Å²) >= 11 is 0. The highest BCUT2D eigenvalue weighted by Gasteiger charge is 2.24. The Morgan fingerprint density at radius 2 is 1.89 bits per heavy atom. The van der Waals surface area contributed by atoms with Crippen LogP contribution in [-0.2, 0) is 4.79 Å². The molecule has 1 fully saturated rings. The molecule has 1 aromatic heterocycles. The van der Waals surface area contributed by atoms with Gasteiger partial charge in [-0.05, 0) is 31.2 Å². The lowest BCUT2D eigenvalue weighted by Gasteiger charge is -2.35. The molecule has 2 aromatic rings. The minimum absolute atomic E-state index is 0.242. The van der Waals surface area contributed by atoms with E-state index >= 15 is 0 Å². The number of methoxy groups -OCH3 is 1. The fraction of sp³-hybridized carbons (Fsp3) is 0.350. The molecule has 3 amide bonds. The number of benzene rings is 1. The molecule has 1 aliphatic heterocycles. The molecule has 1 aromatic carbocycles. The van der Waals surface area contributed by atoms with Crippen LogP contribution in [0.15, 0.2) is 48.7 Å². The molecule has 2 heterocycles. The zero-order valence-corrected chi connectivity index (χ0v) is 16.1. The van der Waals surface area contributed by atoms with E-state index in [1.165, 1.54) is 0 Å². The van der Waals surface area contributed by atoms with Crippen molar-refractivity contribution in [2.45, 2.75) is 13.0 Å². The maximum Gasteiger partial charge on any atom is 0.318 e. The average molecular weight is 383 g/mol. The van der Waals surface area contributed by atoms with E-state index in [4.69, 9.17) is 4.74 Å². The molecule has 1 atom stereocenters. The van der Waals surface area contributed by atoms with Crippen LogP contribution in [0.25, 0.3) is 0 Å². The molecule has 0 spiro atoms. The molecular formula is C20H25N5O3. The second-order valence-corrected chi connectivity index (χ2v) is 6.55. The minimum atomic E-state index is -0.660. The number of carbonyl (C=O) groups excluding carboxylic acids is 2. The Hall–Kier alpha value is -3.29. The summed E-state index contributed by atoms with van der Waals surface area (Å²) in [6.45, 7) is 4.22. The fourth-order valence-electron chi connectivity index (χ4n) is 2.97. The van der Waals surface area contributed by atoms with Crippen molar-refractivity contribution in [1.29, 1.82) is 0 Å². The van der Waals surface area contributed by atoms with Crippen molar-refractivity contribution < 1.29 is 14.3 Å². The molecule has 0 unspecified atom stereocenters. The predicted octanol–water partition coefficient (Wildman–Crippen LogP) is 1.95. The normalized spacial score (nSPS) is 14.9. The molecule has 8 heteroatoms. The number of amides is 3. The van der Waals surface area contributed by atoms with Crippen LogP contribution in [0.1, 0.15) is 6.92 Å². The van der Waals surface area contributed by atoms with Gasteiger partial charge < -0.3 is 25.2 Å². The van der Waals surface area contributed by atoms with Gasteiger partial charge in [0.25, 0.3) is 0 Å². The number of pyridine rings is 1.